The fourth-order valence-electron chi connectivity index (χ4n) is 2.75. The van der Waals surface area contributed by atoms with E-state index in [0.29, 0.717) is 27.8 Å². The summed E-state index contributed by atoms with van der Waals surface area (Å²) in [6.45, 7) is -0.0255. The number of ether oxygens (including phenoxy) is 3. The van der Waals surface area contributed by atoms with Gasteiger partial charge in [-0.25, -0.2) is 4.98 Å². The number of methoxy groups -OCH3 is 2. The van der Waals surface area contributed by atoms with Crippen molar-refractivity contribution in [3.05, 3.63) is 69.2 Å². The molecule has 0 spiro atoms. The first-order valence-corrected chi connectivity index (χ1v) is 9.45. The smallest absolute Gasteiger partial charge is 0.310 e. The Morgan fingerprint density at radius 1 is 1.14 bits per heavy atom. The fraction of sp³-hybridized carbons (Fsp3) is 0.200. The molecule has 0 fully saturated rings. The van der Waals surface area contributed by atoms with Crippen LogP contribution < -0.4 is 9.47 Å². The Morgan fingerprint density at radius 3 is 2.66 bits per heavy atom. The third-order valence-electron chi connectivity index (χ3n) is 4.09. The van der Waals surface area contributed by atoms with Gasteiger partial charge in [0, 0.05) is 17.0 Å². The normalized spacial score (nSPS) is 10.4. The first-order chi connectivity index (χ1) is 14.0. The molecule has 2 aromatic carbocycles. The van der Waals surface area contributed by atoms with E-state index < -0.39 is 10.9 Å². The molecule has 0 saturated heterocycles. The number of benzene rings is 2. The Kier molecular flexibility index (Phi) is 6.40. The SMILES string of the molecule is COc1cccc(-c2nc(COC(=O)Cc3ccccc3[N+](=O)[O-])cs2)c1OC. The molecule has 0 unspecified atom stereocenters. The number of esters is 1. The minimum absolute atomic E-state index is 0.0255. The summed E-state index contributed by atoms with van der Waals surface area (Å²) in [5.74, 6) is 0.606. The quantitative estimate of drug-likeness (QED) is 0.312. The molecular weight excluding hydrogens is 396 g/mol. The van der Waals surface area contributed by atoms with Crippen LogP contribution in [0, 0.1) is 10.1 Å². The number of aromatic nitrogens is 1. The van der Waals surface area contributed by atoms with Crippen molar-refractivity contribution in [3.8, 4) is 22.1 Å². The van der Waals surface area contributed by atoms with E-state index in [1.165, 1.54) is 23.5 Å². The Hall–Kier alpha value is -3.46. The van der Waals surface area contributed by atoms with Crippen molar-refractivity contribution < 1.29 is 23.9 Å². The summed E-state index contributed by atoms with van der Waals surface area (Å²) >= 11 is 1.39. The van der Waals surface area contributed by atoms with Crippen LogP contribution in [0.1, 0.15) is 11.3 Å². The highest BCUT2D eigenvalue weighted by Crippen LogP contribution is 2.39. The molecule has 0 aliphatic rings. The zero-order valence-electron chi connectivity index (χ0n) is 15.8. The van der Waals surface area contributed by atoms with Crippen LogP contribution in [0.15, 0.2) is 47.8 Å². The number of hydrogen-bond donors (Lipinski definition) is 0. The molecule has 0 aliphatic heterocycles. The number of hydrogen-bond acceptors (Lipinski definition) is 8. The lowest BCUT2D eigenvalue weighted by molar-refractivity contribution is -0.385. The molecule has 8 nitrogen and oxygen atoms in total. The lowest BCUT2D eigenvalue weighted by atomic mass is 10.1. The molecule has 9 heteroatoms. The van der Waals surface area contributed by atoms with E-state index in [4.69, 9.17) is 14.2 Å². The first kappa shape index (κ1) is 20.3. The van der Waals surface area contributed by atoms with Gasteiger partial charge in [0.05, 0.1) is 36.8 Å². The monoisotopic (exact) mass is 414 g/mol. The predicted octanol–water partition coefficient (Wildman–Crippen LogP) is 4.02. The molecule has 3 aromatic rings. The minimum atomic E-state index is -0.562. The number of rotatable bonds is 8. The molecule has 1 heterocycles. The standard InChI is InChI=1S/C20H18N2O6S/c1-26-17-9-5-7-15(19(17)27-2)20-21-14(12-29-20)11-28-18(23)10-13-6-3-4-8-16(13)22(24)25/h3-9,12H,10-11H2,1-2H3. The van der Waals surface area contributed by atoms with Crippen LogP contribution in [0.4, 0.5) is 5.69 Å². The summed E-state index contributed by atoms with van der Waals surface area (Å²) in [7, 11) is 3.12. The number of carbonyl (C=O) groups is 1. The van der Waals surface area contributed by atoms with Crippen molar-refractivity contribution in [2.75, 3.05) is 14.2 Å². The molecule has 0 bridgehead atoms. The summed E-state index contributed by atoms with van der Waals surface area (Å²) in [5.41, 5.74) is 1.55. The number of para-hydroxylation sites is 2. The molecule has 1 aromatic heterocycles. The molecular formula is C20H18N2O6S. The van der Waals surface area contributed by atoms with Gasteiger partial charge in [-0.2, -0.15) is 0 Å². The number of nitrogens with zero attached hydrogens (tertiary/aromatic N) is 2. The fourth-order valence-corrected chi connectivity index (χ4v) is 3.58. The van der Waals surface area contributed by atoms with E-state index in [1.807, 2.05) is 12.1 Å². The third kappa shape index (κ3) is 4.69. The molecule has 150 valence electrons. The zero-order valence-corrected chi connectivity index (χ0v) is 16.6. The summed E-state index contributed by atoms with van der Waals surface area (Å²) in [4.78, 5) is 27.1. The number of thiazole rings is 1. The van der Waals surface area contributed by atoms with Crippen molar-refractivity contribution in [1.82, 2.24) is 4.98 Å². The Morgan fingerprint density at radius 2 is 1.93 bits per heavy atom. The molecule has 29 heavy (non-hydrogen) atoms. The Bertz CT molecular complexity index is 1030. The molecule has 0 atom stereocenters. The summed E-state index contributed by atoms with van der Waals surface area (Å²) < 4.78 is 16.0. The lowest BCUT2D eigenvalue weighted by Gasteiger charge is -2.10. The second kappa shape index (κ2) is 9.16. The van der Waals surface area contributed by atoms with E-state index in [2.05, 4.69) is 4.98 Å². The van der Waals surface area contributed by atoms with E-state index in [0.717, 1.165) is 5.56 Å². The lowest BCUT2D eigenvalue weighted by Crippen LogP contribution is -2.09. The first-order valence-electron chi connectivity index (χ1n) is 8.57. The van der Waals surface area contributed by atoms with Gasteiger partial charge in [0.15, 0.2) is 11.5 Å². The van der Waals surface area contributed by atoms with Gasteiger partial charge in [-0.15, -0.1) is 11.3 Å². The van der Waals surface area contributed by atoms with Crippen molar-refractivity contribution in [3.63, 3.8) is 0 Å². The Labute approximate surface area is 170 Å². The van der Waals surface area contributed by atoms with E-state index >= 15 is 0 Å². The van der Waals surface area contributed by atoms with Crippen LogP contribution in [0.2, 0.25) is 0 Å². The van der Waals surface area contributed by atoms with Crippen LogP contribution in [0.5, 0.6) is 11.5 Å². The van der Waals surface area contributed by atoms with Gasteiger partial charge in [-0.05, 0) is 12.1 Å². The predicted molar refractivity (Wildman–Crippen MR) is 107 cm³/mol. The average Bonchev–Trinajstić information content (AvgIpc) is 3.20. The molecule has 0 saturated carbocycles. The summed E-state index contributed by atoms with van der Waals surface area (Å²) in [6, 6.07) is 11.6. The van der Waals surface area contributed by atoms with Gasteiger partial charge in [0.2, 0.25) is 0 Å². The van der Waals surface area contributed by atoms with Gasteiger partial charge in [-0.3, -0.25) is 14.9 Å². The second-order valence-electron chi connectivity index (χ2n) is 5.91. The van der Waals surface area contributed by atoms with Crippen LogP contribution in [-0.4, -0.2) is 30.1 Å². The highest BCUT2D eigenvalue weighted by Gasteiger charge is 2.18. The van der Waals surface area contributed by atoms with Crippen molar-refractivity contribution in [2.45, 2.75) is 13.0 Å². The maximum Gasteiger partial charge on any atom is 0.310 e. The van der Waals surface area contributed by atoms with Gasteiger partial charge in [0.25, 0.3) is 5.69 Å². The maximum absolute atomic E-state index is 12.1. The Balaban J connectivity index is 1.67. The summed E-state index contributed by atoms with van der Waals surface area (Å²) in [5, 5.41) is 13.5. The van der Waals surface area contributed by atoms with E-state index in [9.17, 15) is 14.9 Å². The summed E-state index contributed by atoms with van der Waals surface area (Å²) in [6.07, 6.45) is -0.183. The third-order valence-corrected chi connectivity index (χ3v) is 5.01. The van der Waals surface area contributed by atoms with Gasteiger partial charge < -0.3 is 14.2 Å². The number of nitro groups is 1. The molecule has 0 radical (unpaired) electrons. The van der Waals surface area contributed by atoms with Gasteiger partial charge >= 0.3 is 5.97 Å². The maximum atomic E-state index is 12.1. The number of carbonyl (C=O) groups excluding carboxylic acids is 1. The molecule has 0 amide bonds. The average molecular weight is 414 g/mol. The molecule has 0 aliphatic carbocycles. The molecule has 3 rings (SSSR count). The van der Waals surface area contributed by atoms with Crippen LogP contribution in [-0.2, 0) is 22.6 Å². The van der Waals surface area contributed by atoms with Crippen LogP contribution in [0.3, 0.4) is 0 Å². The largest absolute Gasteiger partial charge is 0.493 e. The van der Waals surface area contributed by atoms with E-state index in [-0.39, 0.29) is 18.7 Å². The van der Waals surface area contributed by atoms with Crippen molar-refractivity contribution in [2.24, 2.45) is 0 Å². The van der Waals surface area contributed by atoms with Gasteiger partial charge in [0.1, 0.15) is 11.6 Å². The minimum Gasteiger partial charge on any atom is -0.493 e. The second-order valence-corrected chi connectivity index (χ2v) is 6.77. The highest BCUT2D eigenvalue weighted by molar-refractivity contribution is 7.13. The molecule has 0 N–H and O–H groups in total. The van der Waals surface area contributed by atoms with Gasteiger partial charge in [-0.1, -0.05) is 24.3 Å². The van der Waals surface area contributed by atoms with Crippen molar-refractivity contribution >= 4 is 23.0 Å². The topological polar surface area (TPSA) is 101 Å². The highest BCUT2D eigenvalue weighted by atomic mass is 32.1. The van der Waals surface area contributed by atoms with Crippen LogP contribution in [0.25, 0.3) is 10.6 Å². The van der Waals surface area contributed by atoms with E-state index in [1.54, 1.807) is 37.8 Å². The van der Waals surface area contributed by atoms with Crippen molar-refractivity contribution in [1.29, 1.82) is 0 Å². The van der Waals surface area contributed by atoms with Crippen LogP contribution >= 0.6 is 11.3 Å². The number of nitro benzene ring substituents is 1. The zero-order chi connectivity index (χ0) is 20.8.